The molecule has 0 radical (unpaired) electrons. The third-order valence-corrected chi connectivity index (χ3v) is 3.91. The highest BCUT2D eigenvalue weighted by atomic mass is 16.6. The third kappa shape index (κ3) is 2.95. The van der Waals surface area contributed by atoms with Gasteiger partial charge in [-0.05, 0) is 26.7 Å². The fourth-order valence-electron chi connectivity index (χ4n) is 3.19. The van der Waals surface area contributed by atoms with Gasteiger partial charge in [0.15, 0.2) is 0 Å². The number of amides is 1. The van der Waals surface area contributed by atoms with Crippen molar-refractivity contribution in [1.29, 1.82) is 0 Å². The average molecular weight is 315 g/mol. The summed E-state index contributed by atoms with van der Waals surface area (Å²) in [6.07, 6.45) is 0.135. The van der Waals surface area contributed by atoms with Crippen LogP contribution in [-0.2, 0) is 23.9 Å². The van der Waals surface area contributed by atoms with Gasteiger partial charge in [0.25, 0.3) is 0 Å². The van der Waals surface area contributed by atoms with E-state index in [9.17, 15) is 19.5 Å². The number of carbonyl (C=O) groups excluding carboxylic acids is 3. The van der Waals surface area contributed by atoms with Crippen molar-refractivity contribution in [1.82, 2.24) is 4.90 Å². The Hall–Kier alpha value is -1.63. The van der Waals surface area contributed by atoms with Crippen LogP contribution in [0.1, 0.15) is 47.0 Å². The lowest BCUT2D eigenvalue weighted by molar-refractivity contribution is -0.184. The first-order chi connectivity index (χ1) is 10.4. The standard InChI is InChI=1S/C15H25NO6/c1-5-8-11-9-12(18)16(10(4)17)15(11,13(19)21-6-2)14(20)22-7-3/h11-12,18H,5-9H2,1-4H3. The van der Waals surface area contributed by atoms with Gasteiger partial charge < -0.3 is 14.6 Å². The Morgan fingerprint density at radius 3 is 2.00 bits per heavy atom. The van der Waals surface area contributed by atoms with Crippen LogP contribution in [0.15, 0.2) is 0 Å². The summed E-state index contributed by atoms with van der Waals surface area (Å²) in [7, 11) is 0. The molecule has 0 saturated carbocycles. The Kier molecular flexibility index (Phi) is 6.34. The molecule has 2 atom stereocenters. The van der Waals surface area contributed by atoms with Crippen molar-refractivity contribution in [2.45, 2.75) is 58.7 Å². The molecule has 0 aromatic heterocycles. The van der Waals surface area contributed by atoms with Gasteiger partial charge >= 0.3 is 11.9 Å². The minimum Gasteiger partial charge on any atom is -0.464 e. The molecular weight excluding hydrogens is 290 g/mol. The molecule has 0 spiro atoms. The highest BCUT2D eigenvalue weighted by molar-refractivity contribution is 6.08. The molecule has 0 aromatic carbocycles. The number of rotatable bonds is 6. The molecule has 0 aromatic rings. The van der Waals surface area contributed by atoms with Gasteiger partial charge in [-0.15, -0.1) is 0 Å². The number of nitrogens with zero attached hydrogens (tertiary/aromatic N) is 1. The van der Waals surface area contributed by atoms with Gasteiger partial charge in [-0.25, -0.2) is 9.59 Å². The maximum Gasteiger partial charge on any atom is 0.344 e. The minimum atomic E-state index is -1.90. The van der Waals surface area contributed by atoms with Crippen LogP contribution in [0.25, 0.3) is 0 Å². The summed E-state index contributed by atoms with van der Waals surface area (Å²) in [6.45, 7) is 6.50. The van der Waals surface area contributed by atoms with Crippen LogP contribution in [0.4, 0.5) is 0 Å². The molecule has 1 N–H and O–H groups in total. The quantitative estimate of drug-likeness (QED) is 0.576. The number of carbonyl (C=O) groups is 3. The number of ether oxygens (including phenoxy) is 2. The molecule has 1 aliphatic heterocycles. The topological polar surface area (TPSA) is 93.1 Å². The first-order valence-electron chi connectivity index (χ1n) is 7.70. The summed E-state index contributed by atoms with van der Waals surface area (Å²) < 4.78 is 10.1. The second-order valence-corrected chi connectivity index (χ2v) is 5.30. The average Bonchev–Trinajstić information content (AvgIpc) is 2.73. The zero-order valence-corrected chi connectivity index (χ0v) is 13.6. The number of aliphatic hydroxyl groups excluding tert-OH is 1. The Labute approximate surface area is 130 Å². The Morgan fingerprint density at radius 2 is 1.64 bits per heavy atom. The monoisotopic (exact) mass is 315 g/mol. The molecule has 1 heterocycles. The molecular formula is C15H25NO6. The van der Waals surface area contributed by atoms with E-state index in [1.54, 1.807) is 13.8 Å². The summed E-state index contributed by atoms with van der Waals surface area (Å²) in [4.78, 5) is 38.1. The first kappa shape index (κ1) is 18.4. The smallest absolute Gasteiger partial charge is 0.344 e. The first-order valence-corrected chi connectivity index (χ1v) is 7.70. The summed E-state index contributed by atoms with van der Waals surface area (Å²) >= 11 is 0. The molecule has 22 heavy (non-hydrogen) atoms. The van der Waals surface area contributed by atoms with Gasteiger partial charge in [-0.2, -0.15) is 0 Å². The highest BCUT2D eigenvalue weighted by Crippen LogP contribution is 2.43. The van der Waals surface area contributed by atoms with Crippen molar-refractivity contribution < 1.29 is 29.0 Å². The van der Waals surface area contributed by atoms with Gasteiger partial charge in [-0.3, -0.25) is 9.69 Å². The van der Waals surface area contributed by atoms with Crippen molar-refractivity contribution in [2.75, 3.05) is 13.2 Å². The normalized spacial score (nSPS) is 23.2. The SMILES string of the molecule is CCCC1CC(O)N(C(C)=O)C1(C(=O)OCC)C(=O)OCC. The van der Waals surface area contributed by atoms with E-state index in [2.05, 4.69) is 0 Å². The molecule has 1 fully saturated rings. The van der Waals surface area contributed by atoms with Crippen molar-refractivity contribution in [2.24, 2.45) is 5.92 Å². The van der Waals surface area contributed by atoms with E-state index in [0.29, 0.717) is 12.8 Å². The molecule has 7 heteroatoms. The second-order valence-electron chi connectivity index (χ2n) is 5.30. The number of hydrogen-bond acceptors (Lipinski definition) is 6. The zero-order valence-electron chi connectivity index (χ0n) is 13.6. The van der Waals surface area contributed by atoms with Crippen LogP contribution in [0.3, 0.4) is 0 Å². The fraction of sp³-hybridized carbons (Fsp3) is 0.800. The van der Waals surface area contributed by atoms with Gasteiger partial charge in [0.2, 0.25) is 11.4 Å². The Balaban J connectivity index is 3.44. The highest BCUT2D eigenvalue weighted by Gasteiger charge is 2.66. The number of hydrogen-bond donors (Lipinski definition) is 1. The van der Waals surface area contributed by atoms with E-state index in [-0.39, 0.29) is 19.6 Å². The molecule has 1 saturated heterocycles. The summed E-state index contributed by atoms with van der Waals surface area (Å²) in [5, 5.41) is 10.2. The maximum absolute atomic E-state index is 12.6. The van der Waals surface area contributed by atoms with E-state index >= 15 is 0 Å². The fourth-order valence-corrected chi connectivity index (χ4v) is 3.19. The van der Waals surface area contributed by atoms with Gasteiger partial charge in [-0.1, -0.05) is 13.3 Å². The van der Waals surface area contributed by atoms with E-state index in [1.165, 1.54) is 6.92 Å². The van der Waals surface area contributed by atoms with Crippen molar-refractivity contribution >= 4 is 17.8 Å². The summed E-state index contributed by atoms with van der Waals surface area (Å²) in [6, 6.07) is 0. The summed E-state index contributed by atoms with van der Waals surface area (Å²) in [5.41, 5.74) is -1.90. The molecule has 1 rings (SSSR count). The van der Waals surface area contributed by atoms with Crippen LogP contribution in [0.2, 0.25) is 0 Å². The van der Waals surface area contributed by atoms with E-state index in [4.69, 9.17) is 9.47 Å². The van der Waals surface area contributed by atoms with Crippen LogP contribution in [-0.4, -0.2) is 52.8 Å². The van der Waals surface area contributed by atoms with E-state index < -0.39 is 35.5 Å². The molecule has 0 bridgehead atoms. The number of esters is 2. The lowest BCUT2D eigenvalue weighted by Crippen LogP contribution is -2.64. The molecule has 2 unspecified atom stereocenters. The lowest BCUT2D eigenvalue weighted by Gasteiger charge is -2.37. The van der Waals surface area contributed by atoms with Crippen molar-refractivity contribution in [3.8, 4) is 0 Å². The predicted octanol–water partition coefficient (Wildman–Crippen LogP) is 0.838. The van der Waals surface area contributed by atoms with Crippen LogP contribution in [0.5, 0.6) is 0 Å². The van der Waals surface area contributed by atoms with Gasteiger partial charge in [0.1, 0.15) is 6.23 Å². The second kappa shape index (κ2) is 7.58. The van der Waals surface area contributed by atoms with Crippen LogP contribution < -0.4 is 0 Å². The van der Waals surface area contributed by atoms with Crippen molar-refractivity contribution in [3.05, 3.63) is 0 Å². The third-order valence-electron chi connectivity index (χ3n) is 3.91. The Morgan fingerprint density at radius 1 is 1.14 bits per heavy atom. The van der Waals surface area contributed by atoms with Crippen molar-refractivity contribution in [3.63, 3.8) is 0 Å². The maximum atomic E-state index is 12.6. The van der Waals surface area contributed by atoms with E-state index in [0.717, 1.165) is 4.90 Å². The van der Waals surface area contributed by atoms with Gasteiger partial charge in [0, 0.05) is 12.8 Å². The minimum absolute atomic E-state index is 0.0701. The molecule has 0 aliphatic carbocycles. The van der Waals surface area contributed by atoms with Crippen LogP contribution in [0, 0.1) is 5.92 Å². The molecule has 1 amide bonds. The number of likely N-dealkylation sites (tertiary alicyclic amines) is 1. The summed E-state index contributed by atoms with van der Waals surface area (Å²) in [5.74, 6) is -2.76. The molecule has 1 aliphatic rings. The largest absolute Gasteiger partial charge is 0.464 e. The van der Waals surface area contributed by atoms with E-state index in [1.807, 2.05) is 6.92 Å². The zero-order chi connectivity index (χ0) is 16.9. The Bertz CT molecular complexity index is 418. The predicted molar refractivity (Wildman–Crippen MR) is 77.5 cm³/mol. The van der Waals surface area contributed by atoms with Gasteiger partial charge in [0.05, 0.1) is 13.2 Å². The molecule has 126 valence electrons. The number of aliphatic hydroxyl groups is 1. The van der Waals surface area contributed by atoms with Crippen LogP contribution >= 0.6 is 0 Å². The lowest BCUT2D eigenvalue weighted by atomic mass is 9.81. The molecule has 7 nitrogen and oxygen atoms in total.